The minimum atomic E-state index is -0.504. The molecule has 1 fully saturated rings. The molecule has 1 aliphatic rings. The van der Waals surface area contributed by atoms with Crippen LogP contribution in [-0.4, -0.2) is 10.7 Å². The van der Waals surface area contributed by atoms with Crippen LogP contribution in [0.1, 0.15) is 44.9 Å². The summed E-state index contributed by atoms with van der Waals surface area (Å²) in [6.45, 7) is 6.76. The molecule has 0 aromatic carbocycles. The molecule has 0 saturated heterocycles. The Labute approximate surface area is 123 Å². The van der Waals surface area contributed by atoms with Crippen molar-refractivity contribution in [2.24, 2.45) is 17.8 Å². The molecule has 1 saturated carbocycles. The quantitative estimate of drug-likeness (QED) is 0.837. The third-order valence-electron chi connectivity index (χ3n) is 4.27. The van der Waals surface area contributed by atoms with Crippen LogP contribution in [0.25, 0.3) is 0 Å². The monoisotopic (exact) mass is 330 g/mol. The summed E-state index contributed by atoms with van der Waals surface area (Å²) in [7, 11) is 0. The first kappa shape index (κ1) is 14.5. The third-order valence-corrected chi connectivity index (χ3v) is 5.97. The van der Waals surface area contributed by atoms with Gasteiger partial charge in [-0.15, -0.1) is 11.3 Å². The van der Waals surface area contributed by atoms with Crippen molar-refractivity contribution in [3.05, 3.63) is 20.8 Å². The molecule has 1 heterocycles. The van der Waals surface area contributed by atoms with Crippen LogP contribution in [0.4, 0.5) is 0 Å². The fourth-order valence-electron chi connectivity index (χ4n) is 3.49. The van der Waals surface area contributed by atoms with E-state index in [2.05, 4.69) is 48.1 Å². The lowest BCUT2D eigenvalue weighted by Gasteiger charge is -2.44. The molecule has 0 spiro atoms. The third kappa shape index (κ3) is 3.17. The summed E-state index contributed by atoms with van der Waals surface area (Å²) in [6, 6.07) is 2.15. The molecular formula is C15H23BrOS. The molecule has 0 aliphatic heterocycles. The van der Waals surface area contributed by atoms with E-state index < -0.39 is 5.60 Å². The van der Waals surface area contributed by atoms with Gasteiger partial charge in [-0.25, -0.2) is 0 Å². The van der Waals surface area contributed by atoms with Gasteiger partial charge < -0.3 is 5.11 Å². The molecular weight excluding hydrogens is 308 g/mol. The first-order valence-corrected chi connectivity index (χ1v) is 8.53. The zero-order chi connectivity index (χ0) is 13.3. The zero-order valence-electron chi connectivity index (χ0n) is 11.4. The van der Waals surface area contributed by atoms with E-state index in [-0.39, 0.29) is 0 Å². The first-order valence-electron chi connectivity index (χ1n) is 6.86. The summed E-state index contributed by atoms with van der Waals surface area (Å²) in [5.41, 5.74) is -0.504. The molecule has 1 N–H and O–H groups in total. The van der Waals surface area contributed by atoms with E-state index >= 15 is 0 Å². The van der Waals surface area contributed by atoms with E-state index in [1.54, 1.807) is 11.3 Å². The highest BCUT2D eigenvalue weighted by Gasteiger charge is 2.42. The van der Waals surface area contributed by atoms with Crippen molar-refractivity contribution in [1.29, 1.82) is 0 Å². The summed E-state index contributed by atoms with van der Waals surface area (Å²) in [6.07, 6.45) is 4.20. The molecule has 1 nitrogen and oxygen atoms in total. The molecule has 1 aromatic rings. The lowest BCUT2D eigenvalue weighted by atomic mass is 9.65. The van der Waals surface area contributed by atoms with Gasteiger partial charge in [0, 0.05) is 21.2 Å². The molecule has 1 aliphatic carbocycles. The number of hydrogen-bond acceptors (Lipinski definition) is 2. The Morgan fingerprint density at radius 1 is 1.50 bits per heavy atom. The van der Waals surface area contributed by atoms with Crippen molar-refractivity contribution in [3.63, 3.8) is 0 Å². The lowest BCUT2D eigenvalue weighted by molar-refractivity contribution is -0.0789. The van der Waals surface area contributed by atoms with E-state index in [1.165, 1.54) is 17.7 Å². The molecule has 18 heavy (non-hydrogen) atoms. The summed E-state index contributed by atoms with van der Waals surface area (Å²) in [4.78, 5) is 1.30. The van der Waals surface area contributed by atoms with Gasteiger partial charge in [-0.05, 0) is 52.6 Å². The molecule has 0 bridgehead atoms. The molecule has 0 amide bonds. The van der Waals surface area contributed by atoms with E-state index in [9.17, 15) is 5.11 Å². The summed E-state index contributed by atoms with van der Waals surface area (Å²) in [5.74, 6) is 1.65. The molecule has 3 unspecified atom stereocenters. The van der Waals surface area contributed by atoms with Crippen molar-refractivity contribution in [3.8, 4) is 0 Å². The second-order valence-corrected chi connectivity index (χ2v) is 8.16. The minimum absolute atomic E-state index is 0.439. The van der Waals surface area contributed by atoms with Crippen molar-refractivity contribution < 1.29 is 5.11 Å². The SMILES string of the molecule is CC1CCC(C(C)C)C(O)(Cc2cc(Br)cs2)C1. The van der Waals surface area contributed by atoms with E-state index in [0.717, 1.165) is 17.3 Å². The second kappa shape index (κ2) is 5.64. The van der Waals surface area contributed by atoms with Gasteiger partial charge >= 0.3 is 0 Å². The van der Waals surface area contributed by atoms with Crippen molar-refractivity contribution in [1.82, 2.24) is 0 Å². The molecule has 3 heteroatoms. The molecule has 3 atom stereocenters. The van der Waals surface area contributed by atoms with Crippen LogP contribution in [0, 0.1) is 17.8 Å². The fourth-order valence-corrected chi connectivity index (χ4v) is 5.06. The van der Waals surface area contributed by atoms with E-state index in [1.807, 2.05) is 0 Å². The van der Waals surface area contributed by atoms with Gasteiger partial charge in [-0.2, -0.15) is 0 Å². The minimum Gasteiger partial charge on any atom is -0.389 e. The Hall–Kier alpha value is 0.140. The number of rotatable bonds is 3. The van der Waals surface area contributed by atoms with Gasteiger partial charge in [-0.3, -0.25) is 0 Å². The van der Waals surface area contributed by atoms with Crippen LogP contribution in [0.2, 0.25) is 0 Å². The van der Waals surface area contributed by atoms with Gasteiger partial charge in [0.15, 0.2) is 0 Å². The summed E-state index contributed by atoms with van der Waals surface area (Å²) in [5, 5.41) is 13.2. The fraction of sp³-hybridized carbons (Fsp3) is 0.733. The van der Waals surface area contributed by atoms with E-state index in [0.29, 0.717) is 17.8 Å². The maximum Gasteiger partial charge on any atom is 0.0728 e. The Morgan fingerprint density at radius 3 is 2.78 bits per heavy atom. The van der Waals surface area contributed by atoms with Gasteiger partial charge in [0.1, 0.15) is 0 Å². The average molecular weight is 331 g/mol. The predicted molar refractivity (Wildman–Crippen MR) is 82.0 cm³/mol. The molecule has 0 radical (unpaired) electrons. The van der Waals surface area contributed by atoms with E-state index in [4.69, 9.17) is 0 Å². The van der Waals surface area contributed by atoms with Crippen LogP contribution in [-0.2, 0) is 6.42 Å². The largest absolute Gasteiger partial charge is 0.389 e. The number of hydrogen-bond donors (Lipinski definition) is 1. The Kier molecular flexibility index (Phi) is 4.56. The summed E-state index contributed by atoms with van der Waals surface area (Å²) < 4.78 is 1.14. The lowest BCUT2D eigenvalue weighted by Crippen LogP contribution is -2.47. The average Bonchev–Trinajstić information content (AvgIpc) is 2.62. The highest BCUT2D eigenvalue weighted by Crippen LogP contribution is 2.43. The summed E-state index contributed by atoms with van der Waals surface area (Å²) >= 11 is 5.25. The highest BCUT2D eigenvalue weighted by molar-refractivity contribution is 9.10. The maximum absolute atomic E-state index is 11.1. The molecule has 2 rings (SSSR count). The van der Waals surface area contributed by atoms with Crippen LogP contribution in [0.5, 0.6) is 0 Å². The molecule has 102 valence electrons. The second-order valence-electron chi connectivity index (χ2n) is 6.25. The number of thiophene rings is 1. The Balaban J connectivity index is 2.18. The van der Waals surface area contributed by atoms with Crippen LogP contribution >= 0.6 is 27.3 Å². The van der Waals surface area contributed by atoms with Crippen LogP contribution in [0.3, 0.4) is 0 Å². The maximum atomic E-state index is 11.1. The van der Waals surface area contributed by atoms with Crippen molar-refractivity contribution in [2.75, 3.05) is 0 Å². The first-order chi connectivity index (χ1) is 8.40. The number of aliphatic hydroxyl groups is 1. The Bertz CT molecular complexity index is 401. The molecule has 1 aromatic heterocycles. The van der Waals surface area contributed by atoms with Gasteiger partial charge in [-0.1, -0.05) is 27.2 Å². The highest BCUT2D eigenvalue weighted by atomic mass is 79.9. The smallest absolute Gasteiger partial charge is 0.0728 e. The van der Waals surface area contributed by atoms with Gasteiger partial charge in [0.25, 0.3) is 0 Å². The van der Waals surface area contributed by atoms with Gasteiger partial charge in [0.05, 0.1) is 5.60 Å². The zero-order valence-corrected chi connectivity index (χ0v) is 13.9. The van der Waals surface area contributed by atoms with Crippen LogP contribution < -0.4 is 0 Å². The van der Waals surface area contributed by atoms with Gasteiger partial charge in [0.2, 0.25) is 0 Å². The Morgan fingerprint density at radius 2 is 2.22 bits per heavy atom. The number of halogens is 1. The topological polar surface area (TPSA) is 20.2 Å². The van der Waals surface area contributed by atoms with Crippen molar-refractivity contribution >= 4 is 27.3 Å². The normalized spacial score (nSPS) is 33.0. The van der Waals surface area contributed by atoms with Crippen molar-refractivity contribution in [2.45, 2.75) is 52.1 Å². The standard InChI is InChI=1S/C15H23BrOS/c1-10(2)14-5-4-11(3)7-15(14,17)8-13-6-12(16)9-18-13/h6,9-11,14,17H,4-5,7-8H2,1-3H3. The van der Waals surface area contributed by atoms with Crippen LogP contribution in [0.15, 0.2) is 15.9 Å². The predicted octanol–water partition coefficient (Wildman–Crippen LogP) is 4.88.